The van der Waals surface area contributed by atoms with E-state index in [1.807, 2.05) is 0 Å². The molecule has 0 spiro atoms. The van der Waals surface area contributed by atoms with Crippen molar-refractivity contribution in [2.45, 2.75) is 0 Å². The maximum atomic E-state index is 5.17. The molecule has 1 aromatic rings. The summed E-state index contributed by atoms with van der Waals surface area (Å²) >= 11 is 4.80. The first kappa shape index (κ1) is 7.36. The molecule has 0 atom stereocenters. The molecule has 0 saturated carbocycles. The van der Waals surface area contributed by atoms with Crippen molar-refractivity contribution in [1.82, 2.24) is 4.98 Å². The van der Waals surface area contributed by atoms with Gasteiger partial charge in [-0.25, -0.2) is 0 Å². The third-order valence-electron chi connectivity index (χ3n) is 0.911. The van der Waals surface area contributed by atoms with Crippen LogP contribution in [0, 0.1) is 0 Å². The fraction of sp³-hybridized carbons (Fsp3) is 0. The van der Waals surface area contributed by atoms with Crippen LogP contribution in [-0.4, -0.2) is 19.9 Å². The molecule has 1 rings (SSSR count). The monoisotopic (exact) mass is 169 g/mol. The highest BCUT2D eigenvalue weighted by molar-refractivity contribution is 7.82. The van der Waals surface area contributed by atoms with Crippen molar-refractivity contribution in [3.63, 3.8) is 0 Å². The van der Waals surface area contributed by atoms with E-state index in [2.05, 4.69) is 4.98 Å². The quantitative estimate of drug-likeness (QED) is 0.440. The van der Waals surface area contributed by atoms with Gasteiger partial charge in [0.25, 0.3) is 0 Å². The molecule has 0 N–H and O–H groups in total. The molecule has 10 heavy (non-hydrogen) atoms. The smallest absolute Gasteiger partial charge is 0.131 e. The minimum absolute atomic E-state index is 0.659. The Morgan fingerprint density at radius 2 is 2.10 bits per heavy atom. The minimum Gasteiger partial charge on any atom is -0.457 e. The topological polar surface area (TPSA) is 22.1 Å². The lowest BCUT2D eigenvalue weighted by atomic mass is 10.5. The summed E-state index contributed by atoms with van der Waals surface area (Å²) in [6.07, 6.45) is 3.35. The number of ether oxygens (including phenoxy) is 1. The molecular weight excluding hydrogens is 162 g/mol. The van der Waals surface area contributed by atoms with Crippen molar-refractivity contribution in [3.8, 4) is 5.75 Å². The van der Waals surface area contributed by atoms with E-state index >= 15 is 0 Å². The fourth-order valence-corrected chi connectivity index (χ4v) is 0.904. The molecule has 0 aliphatic carbocycles. The van der Waals surface area contributed by atoms with Crippen LogP contribution in [0.5, 0.6) is 5.75 Å². The largest absolute Gasteiger partial charge is 0.457 e. The third-order valence-corrected chi connectivity index (χ3v) is 1.20. The van der Waals surface area contributed by atoms with Gasteiger partial charge in [0.2, 0.25) is 0 Å². The first-order valence-corrected chi connectivity index (χ1v) is 4.28. The van der Waals surface area contributed by atoms with E-state index in [0.29, 0.717) is 4.67 Å². The zero-order valence-electron chi connectivity index (χ0n) is 5.57. The van der Waals surface area contributed by atoms with Crippen molar-refractivity contribution in [1.29, 1.82) is 0 Å². The molecule has 0 unspecified atom stereocenters. The second-order valence-electron chi connectivity index (χ2n) is 1.78. The average molecular weight is 169 g/mol. The Balaban J connectivity index is 2.67. The summed E-state index contributed by atoms with van der Waals surface area (Å²) in [4.78, 5) is 3.84. The van der Waals surface area contributed by atoms with Gasteiger partial charge < -0.3 is 4.74 Å². The standard InChI is InChI=1S/C6H7NOSSi/c9-6(10)8-5-1-3-7-4-2-5/h1-4H,10H3. The van der Waals surface area contributed by atoms with Crippen LogP contribution in [0.3, 0.4) is 0 Å². The van der Waals surface area contributed by atoms with Crippen LogP contribution in [0.4, 0.5) is 0 Å². The predicted octanol–water partition coefficient (Wildman–Crippen LogP) is 0.111. The van der Waals surface area contributed by atoms with Crippen LogP contribution in [0.25, 0.3) is 0 Å². The summed E-state index contributed by atoms with van der Waals surface area (Å²) in [6, 6.07) is 3.56. The summed E-state index contributed by atoms with van der Waals surface area (Å²) in [5.74, 6) is 0.773. The van der Waals surface area contributed by atoms with Crippen molar-refractivity contribution in [3.05, 3.63) is 24.5 Å². The Kier molecular flexibility index (Phi) is 2.53. The number of hydrogen-bond donors (Lipinski definition) is 0. The Labute approximate surface area is 67.7 Å². The lowest BCUT2D eigenvalue weighted by Gasteiger charge is -2.00. The number of aromatic nitrogens is 1. The van der Waals surface area contributed by atoms with Crippen molar-refractivity contribution >= 4 is 27.1 Å². The third kappa shape index (κ3) is 2.24. The Hall–Kier alpha value is -0.743. The van der Waals surface area contributed by atoms with Crippen molar-refractivity contribution in [2.75, 3.05) is 0 Å². The van der Waals surface area contributed by atoms with E-state index in [1.54, 1.807) is 24.5 Å². The van der Waals surface area contributed by atoms with E-state index in [9.17, 15) is 0 Å². The first-order valence-electron chi connectivity index (χ1n) is 2.87. The highest BCUT2D eigenvalue weighted by Gasteiger charge is 1.90. The Morgan fingerprint density at radius 1 is 1.50 bits per heavy atom. The van der Waals surface area contributed by atoms with Gasteiger partial charge in [-0.2, -0.15) is 0 Å². The summed E-state index contributed by atoms with van der Waals surface area (Å²) in [6.45, 7) is 0. The normalized spacial score (nSPS) is 9.20. The number of thiocarbonyl (C=S) groups is 1. The zero-order valence-corrected chi connectivity index (χ0v) is 8.39. The molecule has 1 heterocycles. The lowest BCUT2D eigenvalue weighted by Crippen LogP contribution is -2.03. The SMILES string of the molecule is [SiH3]C(=S)Oc1ccncc1. The molecule has 0 fully saturated rings. The van der Waals surface area contributed by atoms with Gasteiger partial charge in [0, 0.05) is 12.4 Å². The van der Waals surface area contributed by atoms with Gasteiger partial charge in [0.1, 0.15) is 10.4 Å². The minimum atomic E-state index is 0.659. The molecule has 4 heteroatoms. The summed E-state index contributed by atoms with van der Waals surface area (Å²) in [5.41, 5.74) is 0. The van der Waals surface area contributed by atoms with E-state index in [1.165, 1.54) is 0 Å². The zero-order chi connectivity index (χ0) is 7.40. The van der Waals surface area contributed by atoms with Crippen LogP contribution < -0.4 is 4.74 Å². The second-order valence-corrected chi connectivity index (χ2v) is 3.98. The van der Waals surface area contributed by atoms with Crippen LogP contribution >= 0.6 is 12.2 Å². The predicted molar refractivity (Wildman–Crippen MR) is 47.4 cm³/mol. The van der Waals surface area contributed by atoms with Gasteiger partial charge in [-0.1, -0.05) is 12.2 Å². The molecule has 0 radical (unpaired) electrons. The molecule has 0 bridgehead atoms. The molecule has 0 aliphatic heterocycles. The number of nitrogens with zero attached hydrogens (tertiary/aromatic N) is 1. The Bertz CT molecular complexity index is 226. The van der Waals surface area contributed by atoms with Gasteiger partial charge in [0.05, 0.1) is 10.2 Å². The van der Waals surface area contributed by atoms with Crippen molar-refractivity contribution < 1.29 is 4.74 Å². The lowest BCUT2D eigenvalue weighted by molar-refractivity contribution is 0.576. The van der Waals surface area contributed by atoms with Crippen LogP contribution in [0.1, 0.15) is 0 Å². The number of pyridine rings is 1. The highest BCUT2D eigenvalue weighted by atomic mass is 32.1. The van der Waals surface area contributed by atoms with Crippen LogP contribution in [-0.2, 0) is 0 Å². The number of rotatable bonds is 1. The molecular formula is C6H7NOSSi. The van der Waals surface area contributed by atoms with Gasteiger partial charge in [-0.15, -0.1) is 0 Å². The molecule has 0 aliphatic rings. The van der Waals surface area contributed by atoms with E-state index in [0.717, 1.165) is 16.0 Å². The molecule has 0 saturated heterocycles. The summed E-state index contributed by atoms with van der Waals surface area (Å²) < 4.78 is 5.83. The van der Waals surface area contributed by atoms with E-state index < -0.39 is 0 Å². The van der Waals surface area contributed by atoms with Gasteiger partial charge in [-0.3, -0.25) is 4.98 Å². The van der Waals surface area contributed by atoms with E-state index in [4.69, 9.17) is 17.0 Å². The maximum absolute atomic E-state index is 5.17. The van der Waals surface area contributed by atoms with Crippen LogP contribution in [0.2, 0.25) is 0 Å². The summed E-state index contributed by atoms with van der Waals surface area (Å²) in [7, 11) is 0.793. The average Bonchev–Trinajstić information content (AvgIpc) is 1.88. The molecule has 0 amide bonds. The van der Waals surface area contributed by atoms with Crippen molar-refractivity contribution in [2.24, 2.45) is 0 Å². The van der Waals surface area contributed by atoms with Gasteiger partial charge >= 0.3 is 0 Å². The van der Waals surface area contributed by atoms with Gasteiger partial charge in [0.15, 0.2) is 0 Å². The first-order chi connectivity index (χ1) is 4.79. The highest BCUT2D eigenvalue weighted by Crippen LogP contribution is 2.05. The molecule has 52 valence electrons. The van der Waals surface area contributed by atoms with Crippen LogP contribution in [0.15, 0.2) is 24.5 Å². The molecule has 1 aromatic heterocycles. The number of hydrogen-bond acceptors (Lipinski definition) is 3. The van der Waals surface area contributed by atoms with E-state index in [-0.39, 0.29) is 0 Å². The maximum Gasteiger partial charge on any atom is 0.131 e. The molecule has 2 nitrogen and oxygen atoms in total. The van der Waals surface area contributed by atoms with Gasteiger partial charge in [-0.05, 0) is 12.1 Å². The Morgan fingerprint density at radius 3 is 2.60 bits per heavy atom. The molecule has 0 aromatic carbocycles. The fourth-order valence-electron chi connectivity index (χ4n) is 0.572. The second kappa shape index (κ2) is 3.43. The summed E-state index contributed by atoms with van der Waals surface area (Å²) in [5, 5.41) is 0.